The van der Waals surface area contributed by atoms with Crippen molar-refractivity contribution in [1.82, 2.24) is 4.72 Å². The predicted molar refractivity (Wildman–Crippen MR) is 104 cm³/mol. The van der Waals surface area contributed by atoms with Gasteiger partial charge in [-0.3, -0.25) is 0 Å². The number of aliphatic hydroxyl groups is 1. The highest BCUT2D eigenvalue weighted by Gasteiger charge is 2.15. The maximum Gasteiger partial charge on any atom is 0.211 e. The molecule has 3 aromatic rings. The molecule has 1 aromatic heterocycles. The Kier molecular flexibility index (Phi) is 6.15. The van der Waals surface area contributed by atoms with Crippen molar-refractivity contribution in [2.45, 2.75) is 18.9 Å². The summed E-state index contributed by atoms with van der Waals surface area (Å²) in [7, 11) is -1.83. The fraction of sp³-hybridized carbons (Fsp3) is 0.300. The average molecular weight is 389 g/mol. The molecular weight excluding hydrogens is 366 g/mol. The largest absolute Gasteiger partial charge is 0.497 e. The minimum atomic E-state index is -3.42. The van der Waals surface area contributed by atoms with Gasteiger partial charge in [0, 0.05) is 11.9 Å². The summed E-state index contributed by atoms with van der Waals surface area (Å²) < 4.78 is 37.5. The molecule has 0 spiro atoms. The van der Waals surface area contributed by atoms with Crippen molar-refractivity contribution in [2.24, 2.45) is 0 Å². The number of benzene rings is 2. The maximum atomic E-state index is 12.1. The topological polar surface area (TPSA) is 88.8 Å². The third-order valence-corrected chi connectivity index (χ3v) is 5.72. The van der Waals surface area contributed by atoms with Gasteiger partial charge in [0.1, 0.15) is 23.2 Å². The van der Waals surface area contributed by atoms with Crippen LogP contribution < -0.4 is 9.46 Å². The van der Waals surface area contributed by atoms with Crippen LogP contribution in [0.25, 0.3) is 11.0 Å². The second-order valence-corrected chi connectivity index (χ2v) is 8.23. The summed E-state index contributed by atoms with van der Waals surface area (Å²) in [5.41, 5.74) is 1.62. The molecule has 7 heteroatoms. The van der Waals surface area contributed by atoms with Crippen molar-refractivity contribution in [3.8, 4) is 5.75 Å². The molecule has 0 saturated carbocycles. The molecule has 6 nitrogen and oxygen atoms in total. The van der Waals surface area contributed by atoms with Crippen LogP contribution >= 0.6 is 0 Å². The van der Waals surface area contributed by atoms with E-state index in [1.54, 1.807) is 25.3 Å². The number of sulfonamides is 1. The van der Waals surface area contributed by atoms with E-state index in [-0.39, 0.29) is 18.7 Å². The fourth-order valence-electron chi connectivity index (χ4n) is 2.78. The molecule has 0 bridgehead atoms. The lowest BCUT2D eigenvalue weighted by molar-refractivity contribution is 0.144. The van der Waals surface area contributed by atoms with Crippen LogP contribution in [-0.4, -0.2) is 32.9 Å². The van der Waals surface area contributed by atoms with E-state index in [2.05, 4.69) is 4.72 Å². The van der Waals surface area contributed by atoms with Gasteiger partial charge in [-0.15, -0.1) is 0 Å². The smallest absolute Gasteiger partial charge is 0.211 e. The Bertz CT molecular complexity index is 946. The van der Waals surface area contributed by atoms with Gasteiger partial charge in [-0.1, -0.05) is 30.3 Å². The van der Waals surface area contributed by atoms with Crippen LogP contribution in [0.5, 0.6) is 5.75 Å². The van der Waals surface area contributed by atoms with E-state index in [9.17, 15) is 13.5 Å². The second-order valence-electron chi connectivity index (χ2n) is 6.30. The molecule has 0 aliphatic rings. The van der Waals surface area contributed by atoms with Crippen molar-refractivity contribution in [3.05, 3.63) is 65.9 Å². The molecule has 0 unspecified atom stereocenters. The Labute approximate surface area is 158 Å². The molecule has 2 aromatic carbocycles. The van der Waals surface area contributed by atoms with E-state index in [1.807, 2.05) is 36.4 Å². The Balaban J connectivity index is 1.47. The van der Waals surface area contributed by atoms with Gasteiger partial charge in [-0.2, -0.15) is 0 Å². The standard InChI is InChI=1S/C20H23NO5S/c1-25-17-8-6-15(7-9-17)11-13-27(23,24)21-12-10-18(22)20-14-16-4-2-3-5-19(16)26-20/h2-9,14,18,21-22H,10-13H2,1H3/t18-/m0/s1. The average Bonchev–Trinajstić information content (AvgIpc) is 3.11. The van der Waals surface area contributed by atoms with E-state index >= 15 is 0 Å². The SMILES string of the molecule is COc1ccc(CCS(=O)(=O)NCC[C@H](O)c2cc3ccccc3o2)cc1. The number of nitrogens with one attached hydrogen (secondary N) is 1. The van der Waals surface area contributed by atoms with Crippen molar-refractivity contribution in [1.29, 1.82) is 0 Å². The van der Waals surface area contributed by atoms with E-state index in [0.717, 1.165) is 16.7 Å². The lowest BCUT2D eigenvalue weighted by atomic mass is 10.2. The number of ether oxygens (including phenoxy) is 1. The van der Waals surface area contributed by atoms with Gasteiger partial charge >= 0.3 is 0 Å². The Morgan fingerprint density at radius 3 is 2.59 bits per heavy atom. The molecule has 1 heterocycles. The minimum Gasteiger partial charge on any atom is -0.497 e. The number of fused-ring (bicyclic) bond motifs is 1. The molecule has 2 N–H and O–H groups in total. The van der Waals surface area contributed by atoms with Crippen LogP contribution in [0.3, 0.4) is 0 Å². The third-order valence-electron chi connectivity index (χ3n) is 4.33. The Hall–Kier alpha value is -2.35. The maximum absolute atomic E-state index is 12.1. The molecule has 0 aliphatic heterocycles. The highest BCUT2D eigenvalue weighted by atomic mass is 32.2. The van der Waals surface area contributed by atoms with Gasteiger partial charge in [-0.05, 0) is 42.7 Å². The summed E-state index contributed by atoms with van der Waals surface area (Å²) in [6.45, 7) is 0.142. The minimum absolute atomic E-state index is 0.0138. The zero-order valence-electron chi connectivity index (χ0n) is 15.1. The number of furan rings is 1. The zero-order chi connectivity index (χ0) is 19.3. The van der Waals surface area contributed by atoms with Crippen LogP contribution in [0, 0.1) is 0 Å². The van der Waals surface area contributed by atoms with Gasteiger partial charge < -0.3 is 14.3 Å². The molecule has 0 radical (unpaired) electrons. The van der Waals surface area contributed by atoms with Crippen LogP contribution in [0.1, 0.15) is 23.8 Å². The predicted octanol–water partition coefficient (Wildman–Crippen LogP) is 3.03. The molecule has 144 valence electrons. The lowest BCUT2D eigenvalue weighted by Crippen LogP contribution is -2.29. The summed E-state index contributed by atoms with van der Waals surface area (Å²) in [6, 6.07) is 16.6. The first-order valence-electron chi connectivity index (χ1n) is 8.74. The summed E-state index contributed by atoms with van der Waals surface area (Å²) in [5.74, 6) is 1.16. The monoisotopic (exact) mass is 389 g/mol. The number of methoxy groups -OCH3 is 1. The fourth-order valence-corrected chi connectivity index (χ4v) is 3.85. The number of rotatable bonds is 9. The van der Waals surface area contributed by atoms with Gasteiger partial charge in [-0.25, -0.2) is 13.1 Å². The molecule has 0 amide bonds. The van der Waals surface area contributed by atoms with E-state index < -0.39 is 16.1 Å². The summed E-state index contributed by atoms with van der Waals surface area (Å²) >= 11 is 0. The first-order chi connectivity index (χ1) is 13.0. The third kappa shape index (κ3) is 5.32. The Morgan fingerprint density at radius 1 is 1.15 bits per heavy atom. The van der Waals surface area contributed by atoms with Crippen molar-refractivity contribution < 1.29 is 22.7 Å². The molecule has 3 rings (SSSR count). The Morgan fingerprint density at radius 2 is 1.89 bits per heavy atom. The quantitative estimate of drug-likeness (QED) is 0.587. The van der Waals surface area contributed by atoms with Gasteiger partial charge in [0.25, 0.3) is 0 Å². The molecular formula is C20H23NO5S. The number of para-hydroxylation sites is 1. The molecule has 1 atom stereocenters. The summed E-state index contributed by atoms with van der Waals surface area (Å²) in [5, 5.41) is 11.1. The number of hydrogen-bond acceptors (Lipinski definition) is 5. The van der Waals surface area contributed by atoms with Crippen molar-refractivity contribution in [3.63, 3.8) is 0 Å². The second kappa shape index (κ2) is 8.56. The normalized spacial score (nSPS) is 13.0. The molecule has 0 aliphatic carbocycles. The van der Waals surface area contributed by atoms with Gasteiger partial charge in [0.15, 0.2) is 0 Å². The molecule has 0 fully saturated rings. The molecule has 27 heavy (non-hydrogen) atoms. The van der Waals surface area contributed by atoms with Gasteiger partial charge in [0.2, 0.25) is 10.0 Å². The number of aliphatic hydroxyl groups excluding tert-OH is 1. The van der Waals surface area contributed by atoms with Crippen molar-refractivity contribution in [2.75, 3.05) is 19.4 Å². The summed E-state index contributed by atoms with van der Waals surface area (Å²) in [6.07, 6.45) is -0.214. The molecule has 0 saturated heterocycles. The van der Waals surface area contributed by atoms with Crippen LogP contribution in [0.2, 0.25) is 0 Å². The number of hydrogen-bond donors (Lipinski definition) is 2. The first-order valence-corrected chi connectivity index (χ1v) is 10.4. The number of aryl methyl sites for hydroxylation is 1. The highest BCUT2D eigenvalue weighted by molar-refractivity contribution is 7.89. The van der Waals surface area contributed by atoms with Crippen LogP contribution in [0.15, 0.2) is 59.0 Å². The first kappa shape index (κ1) is 19.4. The van der Waals surface area contributed by atoms with Gasteiger partial charge in [0.05, 0.1) is 12.9 Å². The lowest BCUT2D eigenvalue weighted by Gasteiger charge is -2.10. The van der Waals surface area contributed by atoms with E-state index in [0.29, 0.717) is 17.8 Å². The summed E-state index contributed by atoms with van der Waals surface area (Å²) in [4.78, 5) is 0. The zero-order valence-corrected chi connectivity index (χ0v) is 15.9. The van der Waals surface area contributed by atoms with E-state index in [4.69, 9.17) is 9.15 Å². The highest BCUT2D eigenvalue weighted by Crippen LogP contribution is 2.25. The van der Waals surface area contributed by atoms with Crippen molar-refractivity contribution >= 4 is 21.0 Å². The van der Waals surface area contributed by atoms with Crippen LogP contribution in [-0.2, 0) is 16.4 Å². The van der Waals surface area contributed by atoms with Crippen LogP contribution in [0.4, 0.5) is 0 Å². The van der Waals surface area contributed by atoms with E-state index in [1.165, 1.54) is 0 Å².